The number of aryl methyl sites for hydroxylation is 2. The number of aromatic nitrogens is 3. The van der Waals surface area contributed by atoms with Crippen LogP contribution in [0.4, 0.5) is 4.39 Å². The van der Waals surface area contributed by atoms with Crippen LogP contribution in [-0.2, 0) is 20.1 Å². The number of hydrogen-bond acceptors (Lipinski definition) is 3. The number of halogens is 1. The fourth-order valence-electron chi connectivity index (χ4n) is 8.73. The van der Waals surface area contributed by atoms with Crippen LogP contribution in [0.2, 0.25) is 17.3 Å². The van der Waals surface area contributed by atoms with Crippen molar-refractivity contribution >= 4 is 60.2 Å². The van der Waals surface area contributed by atoms with Crippen LogP contribution in [0.1, 0.15) is 65.9 Å². The first-order valence-electron chi connectivity index (χ1n) is 23.8. The molecule has 1 radical (unpaired) electrons. The fourth-order valence-corrected chi connectivity index (χ4v) is 12.7. The Labute approximate surface area is 413 Å². The first-order valence-corrected chi connectivity index (χ1v) is 30.5. The van der Waals surface area contributed by atoms with Gasteiger partial charge < -0.3 is 4.57 Å². The third kappa shape index (κ3) is 9.39. The molecule has 0 bridgehead atoms. The Morgan fingerprint density at radius 2 is 1.36 bits per heavy atom. The van der Waals surface area contributed by atoms with Gasteiger partial charge in [0, 0.05) is 30.5 Å². The van der Waals surface area contributed by atoms with Crippen LogP contribution in [-0.4, -0.2) is 27.8 Å². The predicted octanol–water partition coefficient (Wildman–Crippen LogP) is 16.3. The van der Waals surface area contributed by atoms with Gasteiger partial charge in [-0.1, -0.05) is 129 Å². The van der Waals surface area contributed by atoms with Crippen LogP contribution in [0.5, 0.6) is 0 Å². The summed E-state index contributed by atoms with van der Waals surface area (Å²) in [5.41, 5.74) is 14.8. The van der Waals surface area contributed by atoms with Gasteiger partial charge >= 0.3 is 114 Å². The predicted molar refractivity (Wildman–Crippen MR) is 278 cm³/mol. The van der Waals surface area contributed by atoms with Gasteiger partial charge in [-0.2, -0.15) is 11.3 Å². The summed E-state index contributed by atoms with van der Waals surface area (Å²) in [7, 11) is 0. The van der Waals surface area contributed by atoms with E-state index in [-0.39, 0.29) is 25.9 Å². The fraction of sp³-hybridized carbons (Fsp3) is 0.186. The van der Waals surface area contributed by atoms with Gasteiger partial charge in [0.25, 0.3) is 0 Å². The number of fused-ring (bicyclic) bond motifs is 4. The largest absolute Gasteiger partial charge is 0 e. The molecule has 10 rings (SSSR count). The van der Waals surface area contributed by atoms with Gasteiger partial charge in [-0.05, 0) is 86.5 Å². The Balaban J connectivity index is 0.000000246. The smallest absolute Gasteiger partial charge is 0 e. The van der Waals surface area contributed by atoms with Gasteiger partial charge in [0.15, 0.2) is 0 Å². The molecule has 0 saturated heterocycles. The maximum Gasteiger partial charge on any atom is 0 e. The molecule has 0 aliphatic carbocycles. The molecule has 3 nitrogen and oxygen atoms in total. The van der Waals surface area contributed by atoms with E-state index in [1.807, 2.05) is 11.3 Å². The molecular formula is C59H54FGeIrN3S-2. The summed E-state index contributed by atoms with van der Waals surface area (Å²) in [5.74, 6) is 7.70. The van der Waals surface area contributed by atoms with Crippen molar-refractivity contribution in [2.45, 2.75) is 70.6 Å². The minimum absolute atomic E-state index is 0. The molecule has 0 amide bonds. The van der Waals surface area contributed by atoms with Crippen molar-refractivity contribution in [1.82, 2.24) is 14.5 Å². The van der Waals surface area contributed by atoms with Crippen molar-refractivity contribution in [3.05, 3.63) is 192 Å². The van der Waals surface area contributed by atoms with Crippen LogP contribution in [0.25, 0.3) is 81.8 Å². The Hall–Kier alpha value is -5.50. The molecule has 66 heavy (non-hydrogen) atoms. The number of imidazole rings is 1. The molecule has 0 N–H and O–H groups in total. The summed E-state index contributed by atoms with van der Waals surface area (Å²) in [5, 5.41) is 2.52. The van der Waals surface area contributed by atoms with Crippen molar-refractivity contribution in [2.24, 2.45) is 0 Å². The second-order valence-corrected chi connectivity index (χ2v) is 30.1. The first kappa shape index (κ1) is 43.1. The zero-order valence-electron chi connectivity index (χ0n) is 41.5. The molecule has 0 spiro atoms. The van der Waals surface area contributed by atoms with E-state index in [0.717, 1.165) is 26.8 Å². The van der Waals surface area contributed by atoms with Crippen LogP contribution >= 0.6 is 11.3 Å². The van der Waals surface area contributed by atoms with E-state index in [4.69, 9.17) is 9.10 Å². The molecule has 10 aromatic rings. The summed E-state index contributed by atoms with van der Waals surface area (Å²) < 4.78 is 42.0. The maximum absolute atomic E-state index is 13.0. The molecule has 3 aromatic heterocycles. The molecule has 7 aromatic carbocycles. The normalized spacial score (nSPS) is 12.5. The van der Waals surface area contributed by atoms with Crippen LogP contribution in [0.15, 0.2) is 152 Å². The van der Waals surface area contributed by atoms with Gasteiger partial charge in [0.05, 0.1) is 16.9 Å². The zero-order chi connectivity index (χ0) is 48.1. The quantitative estimate of drug-likeness (QED) is 0.112. The number of para-hydroxylation sites is 2. The topological polar surface area (TPSA) is 30.7 Å². The molecule has 0 saturated carbocycles. The number of thiophene rings is 1. The minimum atomic E-state index is -2.34. The molecule has 0 aliphatic rings. The Kier molecular flexibility index (Phi) is 12.7. The Morgan fingerprint density at radius 3 is 2.02 bits per heavy atom. The third-order valence-electron chi connectivity index (χ3n) is 12.1. The summed E-state index contributed by atoms with van der Waals surface area (Å²) in [6.07, 6.45) is 1.67. The van der Waals surface area contributed by atoms with E-state index < -0.39 is 20.1 Å². The summed E-state index contributed by atoms with van der Waals surface area (Å²) in [6, 6.07) is 56.1. The van der Waals surface area contributed by atoms with Crippen LogP contribution in [0, 0.1) is 31.7 Å². The third-order valence-corrected chi connectivity index (χ3v) is 17.5. The van der Waals surface area contributed by atoms with Gasteiger partial charge in [-0.25, -0.2) is 0 Å². The monoisotopic (exact) mass is 1130 g/mol. The van der Waals surface area contributed by atoms with E-state index in [1.165, 1.54) is 76.9 Å². The summed E-state index contributed by atoms with van der Waals surface area (Å²) in [4.78, 5) is 9.70. The van der Waals surface area contributed by atoms with Gasteiger partial charge in [0.1, 0.15) is 0 Å². The van der Waals surface area contributed by atoms with Gasteiger partial charge in [0.2, 0.25) is 0 Å². The van der Waals surface area contributed by atoms with E-state index in [2.05, 4.69) is 195 Å². The standard InChI is InChI=1S/C44H37N2S.C15H17FGeN.Ir/c1-27(2)36-24-29(5)25-37(28(3)4)42(36)46-40-17-10-9-16-39(40)45-44(46)35-15-11-14-34-38-26-33(22-23-41(38)47-43(34)35)32-20-18-31(19-21-32)30-12-7-6-8-13-30;1-11-9-15(12-5-7-13(16)8-6-12)18-10-14(11)17(2,3)4;/h6-14,16-28H,1-5H3;5,7-10H,1-4H3;/q2*-1;/i;1D3;. The van der Waals surface area contributed by atoms with Crippen LogP contribution in [0.3, 0.4) is 0 Å². The second kappa shape index (κ2) is 19.4. The Morgan fingerprint density at radius 1 is 0.712 bits per heavy atom. The molecule has 0 atom stereocenters. The van der Waals surface area contributed by atoms with E-state index >= 15 is 0 Å². The average molecular weight is 1120 g/mol. The maximum atomic E-state index is 13.0. The second-order valence-electron chi connectivity index (χ2n) is 18.5. The molecule has 3 heterocycles. The average Bonchev–Trinajstić information content (AvgIpc) is 3.90. The summed E-state index contributed by atoms with van der Waals surface area (Å²) in [6.45, 7) is 9.23. The van der Waals surface area contributed by atoms with E-state index in [1.54, 1.807) is 18.3 Å². The number of nitrogens with zero attached hydrogens (tertiary/aromatic N) is 3. The van der Waals surface area contributed by atoms with Gasteiger partial charge in [-0.3, -0.25) is 4.98 Å². The molecular weight excluding hydrogens is 1070 g/mol. The molecule has 333 valence electrons. The van der Waals surface area contributed by atoms with Crippen molar-refractivity contribution in [3.8, 4) is 50.6 Å². The van der Waals surface area contributed by atoms with Crippen LogP contribution < -0.4 is 4.40 Å². The number of rotatable bonds is 8. The van der Waals surface area contributed by atoms with Crippen molar-refractivity contribution < 1.29 is 28.6 Å². The first-order chi connectivity index (χ1) is 32.5. The zero-order valence-corrected chi connectivity index (χ0v) is 43.9. The molecule has 7 heteroatoms. The molecule has 0 aliphatic heterocycles. The van der Waals surface area contributed by atoms with Crippen molar-refractivity contribution in [2.75, 3.05) is 0 Å². The Bertz CT molecular complexity index is 3420. The minimum Gasteiger partial charge on any atom is 0 e. The summed E-state index contributed by atoms with van der Waals surface area (Å²) >= 11 is -0.497. The molecule has 0 fully saturated rings. The number of pyridine rings is 1. The molecule has 0 unspecified atom stereocenters. The number of hydrogen-bond donors (Lipinski definition) is 0. The van der Waals surface area contributed by atoms with E-state index in [9.17, 15) is 4.39 Å². The van der Waals surface area contributed by atoms with Crippen molar-refractivity contribution in [1.29, 1.82) is 0 Å². The van der Waals surface area contributed by atoms with E-state index in [0.29, 0.717) is 28.7 Å². The number of benzene rings is 7. The van der Waals surface area contributed by atoms with Gasteiger partial charge in [-0.15, -0.1) is 18.2 Å². The van der Waals surface area contributed by atoms with Crippen molar-refractivity contribution in [3.63, 3.8) is 0 Å². The SMILES string of the molecule is Cc1cc(C(C)C)c(-n2c(-c3[c-]ccc4c3sc3ccc(-c5ccc(-c6ccccc6)cc5)cc34)nc3ccccc32)c(C(C)C)c1.[2H]C([2H])([2H])c1cc(-c2[c-]cc(F)cc2)nc[c]1[Ge]([CH3])([CH3])[CH3].[Ir].